The van der Waals surface area contributed by atoms with E-state index in [1.165, 1.54) is 49.2 Å². The Morgan fingerprint density at radius 2 is 1.64 bits per heavy atom. The molecule has 2 heterocycles. The molecule has 14 nitrogen and oxygen atoms in total. The van der Waals surface area contributed by atoms with Gasteiger partial charge >= 0.3 is 0 Å². The number of rotatable bonds is 17. The third-order valence-corrected chi connectivity index (χ3v) is 13.1. The fourth-order valence-electron chi connectivity index (χ4n) is 7.89. The number of aromatic nitrogens is 1. The highest BCUT2D eigenvalue weighted by atomic mass is 32.2. The molecule has 0 saturated carbocycles. The molecular weight excluding hydrogens is 857 g/mol. The van der Waals surface area contributed by atoms with Crippen LogP contribution < -0.4 is 36.5 Å². The minimum atomic E-state index is -4.18. The lowest BCUT2D eigenvalue weighted by molar-refractivity contribution is -0.118. The number of carbonyl (C=O) groups is 3. The molecule has 0 radical (unpaired) electrons. The molecule has 0 spiro atoms. The van der Waals surface area contributed by atoms with Crippen LogP contribution in [0.1, 0.15) is 50.2 Å². The van der Waals surface area contributed by atoms with Crippen LogP contribution in [0.15, 0.2) is 137 Å². The summed E-state index contributed by atoms with van der Waals surface area (Å²) < 4.78 is 39.5. The average Bonchev–Trinajstić information content (AvgIpc) is 3.32. The van der Waals surface area contributed by atoms with Crippen LogP contribution in [-0.2, 0) is 27.5 Å². The van der Waals surface area contributed by atoms with Gasteiger partial charge in [0.25, 0.3) is 17.7 Å². The first-order chi connectivity index (χ1) is 31.9. The molecule has 8 rings (SSSR count). The number of aryl methyl sites for hydroxylation is 2. The minimum absolute atomic E-state index is 0.00888. The number of hydrogen-bond acceptors (Lipinski definition) is 11. The molecule has 3 amide bonds. The van der Waals surface area contributed by atoms with Gasteiger partial charge in [-0.1, -0.05) is 54.6 Å². The molecule has 0 saturated heterocycles. The minimum Gasteiger partial charge on any atom is -0.506 e. The molecule has 0 atom stereocenters. The number of sulfone groups is 1. The van der Waals surface area contributed by atoms with E-state index in [9.17, 15) is 27.9 Å². The number of aromatic hydroxyl groups is 1. The summed E-state index contributed by atoms with van der Waals surface area (Å²) in [4.78, 5) is 42.2. The van der Waals surface area contributed by atoms with E-state index < -0.39 is 21.7 Å². The number of carbonyl (C=O) groups excluding carboxylic acids is 3. The van der Waals surface area contributed by atoms with E-state index in [1.807, 2.05) is 24.3 Å². The zero-order valence-corrected chi connectivity index (χ0v) is 37.1. The highest BCUT2D eigenvalue weighted by Gasteiger charge is 2.25. The number of hydrogen-bond donors (Lipinski definition) is 6. The fraction of sp³-hybridized carbons (Fsp3) is 0.176. The monoisotopic (exact) mass is 904 g/mol. The van der Waals surface area contributed by atoms with Crippen molar-refractivity contribution >= 4 is 61.2 Å². The summed E-state index contributed by atoms with van der Waals surface area (Å²) in [5.74, 6) is -0.418. The summed E-state index contributed by atoms with van der Waals surface area (Å²) in [5.41, 5.74) is 12.8. The summed E-state index contributed by atoms with van der Waals surface area (Å²) in [7, 11) is -2.65. The number of fused-ring (bicyclic) bond motifs is 2. The second kappa shape index (κ2) is 19.6. The number of primary amides is 1. The smallest absolute Gasteiger partial charge is 0.262 e. The lowest BCUT2D eigenvalue weighted by Gasteiger charge is -2.21. The Labute approximate surface area is 382 Å². The maximum atomic E-state index is 14.3. The maximum Gasteiger partial charge on any atom is 0.262 e. The first-order valence-electron chi connectivity index (χ1n) is 21.4. The molecule has 1 aliphatic rings. The van der Waals surface area contributed by atoms with Crippen molar-refractivity contribution < 1.29 is 37.4 Å². The van der Waals surface area contributed by atoms with Crippen molar-refractivity contribution in [3.63, 3.8) is 0 Å². The van der Waals surface area contributed by atoms with Gasteiger partial charge in [0.15, 0.2) is 12.4 Å². The maximum absolute atomic E-state index is 14.3. The van der Waals surface area contributed by atoms with Gasteiger partial charge in [-0.2, -0.15) is 0 Å². The van der Waals surface area contributed by atoms with Crippen LogP contribution in [0.5, 0.6) is 17.2 Å². The molecule has 0 fully saturated rings. The zero-order chi connectivity index (χ0) is 46.4. The van der Waals surface area contributed by atoms with E-state index in [-0.39, 0.29) is 39.2 Å². The molecule has 15 heteroatoms. The summed E-state index contributed by atoms with van der Waals surface area (Å²) >= 11 is 0. The zero-order valence-electron chi connectivity index (χ0n) is 36.3. The summed E-state index contributed by atoms with van der Waals surface area (Å²) in [6, 6.07) is 35.1. The van der Waals surface area contributed by atoms with Crippen LogP contribution in [0.2, 0.25) is 0 Å². The van der Waals surface area contributed by atoms with Gasteiger partial charge in [0.2, 0.25) is 9.84 Å². The second-order valence-electron chi connectivity index (χ2n) is 15.9. The summed E-state index contributed by atoms with van der Waals surface area (Å²) in [6.45, 7) is 3.25. The molecular formula is C51H48N6O8S. The number of pyridine rings is 1. The van der Waals surface area contributed by atoms with Gasteiger partial charge in [-0.25, -0.2) is 8.42 Å². The van der Waals surface area contributed by atoms with Gasteiger partial charge in [-0.3, -0.25) is 19.4 Å². The number of ether oxygens (including phenoxy) is 2. The van der Waals surface area contributed by atoms with Gasteiger partial charge < -0.3 is 41.6 Å². The fourth-order valence-corrected chi connectivity index (χ4v) is 9.31. The molecule has 6 aromatic carbocycles. The summed E-state index contributed by atoms with van der Waals surface area (Å²) in [6.07, 6.45) is 4.97. The normalized spacial score (nSPS) is 12.2. The van der Waals surface area contributed by atoms with Gasteiger partial charge in [-0.05, 0) is 134 Å². The van der Waals surface area contributed by atoms with Crippen molar-refractivity contribution in [2.24, 2.45) is 5.73 Å². The highest BCUT2D eigenvalue weighted by Crippen LogP contribution is 2.39. The standard InChI is InChI=1S/C51H48N6O8S/c1-31-24-41(28-42-46(31)54-29-43(50(52)60)47(42)55-38-12-7-13-39(27-38)64-2)66(62,63)40-14-6-10-36(26-40)51(61)56-37-11-5-9-35(25-37)33-17-15-32(16-18-33)8-3-4-22-53-23-21-34-19-20-44(58)48-49(34)65-30-45(59)57-48/h5-7,9-20,24-29,53,58H,3-4,8,21-23,30H2,1-2H3,(H2,52,60)(H,54,55)(H,56,61)(H,57,59). The lowest BCUT2D eigenvalue weighted by atomic mass is 10.0. The van der Waals surface area contributed by atoms with E-state index in [4.69, 9.17) is 15.2 Å². The lowest BCUT2D eigenvalue weighted by Crippen LogP contribution is -2.26. The Morgan fingerprint density at radius 3 is 2.44 bits per heavy atom. The number of nitrogens with one attached hydrogen (secondary N) is 4. The molecule has 1 aliphatic heterocycles. The molecule has 0 unspecified atom stereocenters. The third kappa shape index (κ3) is 9.97. The number of phenols is 1. The molecule has 0 aliphatic carbocycles. The Kier molecular flexibility index (Phi) is 13.3. The first-order valence-corrected chi connectivity index (χ1v) is 22.8. The van der Waals surface area contributed by atoms with Gasteiger partial charge in [0.1, 0.15) is 17.2 Å². The van der Waals surface area contributed by atoms with Crippen molar-refractivity contribution in [3.05, 3.63) is 155 Å². The third-order valence-electron chi connectivity index (χ3n) is 11.3. The number of phenolic OH excluding ortho intramolecular Hbond substituents is 1. The number of benzene rings is 6. The van der Waals surface area contributed by atoms with E-state index in [0.717, 1.165) is 49.0 Å². The Hall–Kier alpha value is -7.75. The van der Waals surface area contributed by atoms with E-state index in [0.29, 0.717) is 57.1 Å². The quantitative estimate of drug-likeness (QED) is 0.0378. The van der Waals surface area contributed by atoms with Crippen LogP contribution >= 0.6 is 0 Å². The molecule has 0 bridgehead atoms. The van der Waals surface area contributed by atoms with Crippen molar-refractivity contribution in [1.82, 2.24) is 10.3 Å². The van der Waals surface area contributed by atoms with Crippen LogP contribution in [0.4, 0.5) is 22.7 Å². The predicted molar refractivity (Wildman–Crippen MR) is 255 cm³/mol. The molecule has 7 aromatic rings. The topological polar surface area (TPSA) is 211 Å². The van der Waals surface area contributed by atoms with Gasteiger partial charge in [0.05, 0.1) is 33.7 Å². The second-order valence-corrected chi connectivity index (χ2v) is 17.9. The largest absolute Gasteiger partial charge is 0.506 e. The number of anilines is 4. The van der Waals surface area contributed by atoms with E-state index in [2.05, 4.69) is 50.5 Å². The SMILES string of the molecule is COc1cccc(Nc2c(C(N)=O)cnc3c(C)cc(S(=O)(=O)c4cccc(C(=O)Nc5cccc(-c6ccc(CCCCNCCc7ccc(O)c8c7OCC(=O)N8)cc6)c5)c4)cc23)c1. The first kappa shape index (κ1) is 44.8. The Morgan fingerprint density at radius 1 is 0.848 bits per heavy atom. The molecule has 66 heavy (non-hydrogen) atoms. The molecule has 7 N–H and O–H groups in total. The number of nitrogens with zero attached hydrogens (tertiary/aromatic N) is 1. The average molecular weight is 905 g/mol. The van der Waals surface area contributed by atoms with Crippen LogP contribution in [0.3, 0.4) is 0 Å². The van der Waals surface area contributed by atoms with Crippen LogP contribution in [0, 0.1) is 6.92 Å². The van der Waals surface area contributed by atoms with Crippen LogP contribution in [0.25, 0.3) is 22.0 Å². The Bertz CT molecular complexity index is 3100. The Balaban J connectivity index is 0.890. The van der Waals surface area contributed by atoms with Crippen LogP contribution in [-0.4, -0.2) is 63.0 Å². The van der Waals surface area contributed by atoms with Crippen molar-refractivity contribution in [2.75, 3.05) is 42.8 Å². The number of nitrogens with two attached hydrogens (primary N) is 1. The van der Waals surface area contributed by atoms with E-state index >= 15 is 0 Å². The van der Waals surface area contributed by atoms with Gasteiger partial charge in [0, 0.05) is 34.6 Å². The van der Waals surface area contributed by atoms with Crippen molar-refractivity contribution in [2.45, 2.75) is 42.4 Å². The summed E-state index contributed by atoms with van der Waals surface area (Å²) in [5, 5.41) is 22.7. The molecule has 1 aromatic heterocycles. The number of methoxy groups -OCH3 is 1. The predicted octanol–water partition coefficient (Wildman–Crippen LogP) is 8.34. The highest BCUT2D eigenvalue weighted by molar-refractivity contribution is 7.91. The number of unbranched alkanes of at least 4 members (excludes halogenated alkanes) is 1. The van der Waals surface area contributed by atoms with Crippen molar-refractivity contribution in [3.8, 4) is 28.4 Å². The van der Waals surface area contributed by atoms with E-state index in [1.54, 1.807) is 49.4 Å². The molecule has 336 valence electrons. The van der Waals surface area contributed by atoms with Crippen molar-refractivity contribution in [1.29, 1.82) is 0 Å². The number of amides is 3. The van der Waals surface area contributed by atoms with Gasteiger partial charge in [-0.15, -0.1) is 0 Å².